The topological polar surface area (TPSA) is 52.3 Å². The van der Waals surface area contributed by atoms with Gasteiger partial charge in [0.05, 0.1) is 7.11 Å². The predicted octanol–water partition coefficient (Wildman–Crippen LogP) is 2.44. The third kappa shape index (κ3) is 1.95. The summed E-state index contributed by atoms with van der Waals surface area (Å²) in [5, 5.41) is 0. The molecule has 0 aromatic carbocycles. The van der Waals surface area contributed by atoms with Crippen LogP contribution < -0.4 is 0 Å². The van der Waals surface area contributed by atoms with Crippen LogP contribution in [-0.4, -0.2) is 18.1 Å². The number of ether oxygens (including phenoxy) is 1. The molecule has 0 atom stereocenters. The molecule has 4 heteroatoms. The van der Waals surface area contributed by atoms with Crippen molar-refractivity contribution in [2.75, 3.05) is 7.11 Å². The Bertz CT molecular complexity index is 516. The van der Waals surface area contributed by atoms with E-state index in [0.29, 0.717) is 5.76 Å². The zero-order chi connectivity index (χ0) is 11.5. The Hall–Kier alpha value is -2.10. The van der Waals surface area contributed by atoms with E-state index in [9.17, 15) is 4.79 Å². The maximum atomic E-state index is 11.2. The predicted molar refractivity (Wildman–Crippen MR) is 58.0 cm³/mol. The van der Waals surface area contributed by atoms with Gasteiger partial charge >= 0.3 is 5.97 Å². The number of rotatable bonds is 2. The van der Waals surface area contributed by atoms with E-state index in [1.54, 1.807) is 18.3 Å². The summed E-state index contributed by atoms with van der Waals surface area (Å²) in [6.45, 7) is 1.90. The highest BCUT2D eigenvalue weighted by Gasteiger charge is 2.11. The molecular formula is C12H11NO3. The van der Waals surface area contributed by atoms with Crippen LogP contribution in [0, 0.1) is 6.92 Å². The minimum atomic E-state index is -0.475. The van der Waals surface area contributed by atoms with Gasteiger partial charge in [-0.2, -0.15) is 0 Å². The first-order valence-electron chi connectivity index (χ1n) is 4.82. The maximum Gasteiger partial charge on any atom is 0.373 e. The summed E-state index contributed by atoms with van der Waals surface area (Å²) in [6.07, 6.45) is 1.70. The van der Waals surface area contributed by atoms with Gasteiger partial charge in [0.2, 0.25) is 5.76 Å². The van der Waals surface area contributed by atoms with Gasteiger partial charge in [0, 0.05) is 17.5 Å². The summed E-state index contributed by atoms with van der Waals surface area (Å²) < 4.78 is 9.94. The molecular weight excluding hydrogens is 206 g/mol. The Morgan fingerprint density at radius 2 is 2.19 bits per heavy atom. The number of nitrogens with zero attached hydrogens (tertiary/aromatic N) is 1. The lowest BCUT2D eigenvalue weighted by atomic mass is 10.2. The number of aromatic nitrogens is 1. The Kier molecular flexibility index (Phi) is 2.72. The van der Waals surface area contributed by atoms with Crippen molar-refractivity contribution in [2.24, 2.45) is 0 Å². The molecule has 0 N–H and O–H groups in total. The highest BCUT2D eigenvalue weighted by atomic mass is 16.5. The van der Waals surface area contributed by atoms with Crippen molar-refractivity contribution in [2.45, 2.75) is 6.92 Å². The second-order valence-corrected chi connectivity index (χ2v) is 3.34. The highest BCUT2D eigenvalue weighted by Crippen LogP contribution is 2.22. The van der Waals surface area contributed by atoms with Crippen molar-refractivity contribution in [1.29, 1.82) is 0 Å². The van der Waals surface area contributed by atoms with Gasteiger partial charge in [0.1, 0.15) is 5.76 Å². The molecule has 0 saturated heterocycles. The molecule has 0 saturated carbocycles. The fraction of sp³-hybridized carbons (Fsp3) is 0.167. The molecule has 16 heavy (non-hydrogen) atoms. The monoisotopic (exact) mass is 217 g/mol. The molecule has 0 aliphatic carbocycles. The molecule has 0 spiro atoms. The van der Waals surface area contributed by atoms with Crippen LogP contribution in [0.25, 0.3) is 11.3 Å². The zero-order valence-corrected chi connectivity index (χ0v) is 9.06. The van der Waals surface area contributed by atoms with Gasteiger partial charge in [-0.1, -0.05) is 0 Å². The quantitative estimate of drug-likeness (QED) is 0.725. The number of pyridine rings is 1. The van der Waals surface area contributed by atoms with Crippen LogP contribution in [0.3, 0.4) is 0 Å². The molecule has 0 unspecified atom stereocenters. The van der Waals surface area contributed by atoms with E-state index in [1.165, 1.54) is 7.11 Å². The summed E-state index contributed by atoms with van der Waals surface area (Å²) in [4.78, 5) is 15.3. The Morgan fingerprint density at radius 1 is 1.38 bits per heavy atom. The summed E-state index contributed by atoms with van der Waals surface area (Å²) >= 11 is 0. The van der Waals surface area contributed by atoms with Crippen LogP contribution in [-0.2, 0) is 4.74 Å². The first-order chi connectivity index (χ1) is 7.70. The van der Waals surface area contributed by atoms with E-state index in [-0.39, 0.29) is 5.76 Å². The van der Waals surface area contributed by atoms with Crippen molar-refractivity contribution < 1.29 is 13.9 Å². The first kappa shape index (κ1) is 10.4. The van der Waals surface area contributed by atoms with Crippen LogP contribution in [0.15, 0.2) is 34.9 Å². The molecule has 2 rings (SSSR count). The molecule has 2 aromatic heterocycles. The van der Waals surface area contributed by atoms with Gasteiger partial charge in [-0.15, -0.1) is 0 Å². The van der Waals surface area contributed by atoms with Crippen molar-refractivity contribution >= 4 is 5.97 Å². The summed E-state index contributed by atoms with van der Waals surface area (Å²) in [5.74, 6) is 0.356. The molecule has 0 aliphatic rings. The number of aryl methyl sites for hydroxylation is 1. The summed E-state index contributed by atoms with van der Waals surface area (Å²) in [6, 6.07) is 7.05. The largest absolute Gasteiger partial charge is 0.463 e. The summed E-state index contributed by atoms with van der Waals surface area (Å²) in [7, 11) is 1.32. The van der Waals surface area contributed by atoms with Gasteiger partial charge in [-0.05, 0) is 31.2 Å². The lowest BCUT2D eigenvalue weighted by molar-refractivity contribution is 0.0566. The van der Waals surface area contributed by atoms with Crippen molar-refractivity contribution in [3.8, 4) is 11.3 Å². The zero-order valence-electron chi connectivity index (χ0n) is 9.06. The minimum Gasteiger partial charge on any atom is -0.463 e. The van der Waals surface area contributed by atoms with Gasteiger partial charge < -0.3 is 9.15 Å². The molecule has 2 aromatic rings. The van der Waals surface area contributed by atoms with E-state index >= 15 is 0 Å². The second-order valence-electron chi connectivity index (χ2n) is 3.34. The maximum absolute atomic E-state index is 11.2. The van der Waals surface area contributed by atoms with E-state index in [1.807, 2.05) is 19.1 Å². The Morgan fingerprint density at radius 3 is 2.88 bits per heavy atom. The molecule has 82 valence electrons. The van der Waals surface area contributed by atoms with Crippen LogP contribution >= 0.6 is 0 Å². The average Bonchev–Trinajstić information content (AvgIpc) is 2.77. The Balaban J connectivity index is 2.35. The SMILES string of the molecule is COC(=O)c1ccc(-c2ccnc(C)c2)o1. The molecule has 0 radical (unpaired) electrons. The molecule has 0 amide bonds. The van der Waals surface area contributed by atoms with E-state index < -0.39 is 5.97 Å². The third-order valence-corrected chi connectivity index (χ3v) is 2.17. The first-order valence-corrected chi connectivity index (χ1v) is 4.82. The van der Waals surface area contributed by atoms with Crippen molar-refractivity contribution in [1.82, 2.24) is 4.98 Å². The van der Waals surface area contributed by atoms with E-state index in [0.717, 1.165) is 11.3 Å². The average molecular weight is 217 g/mol. The number of hydrogen-bond donors (Lipinski definition) is 0. The lowest BCUT2D eigenvalue weighted by Gasteiger charge is -1.98. The number of esters is 1. The van der Waals surface area contributed by atoms with Crippen LogP contribution in [0.5, 0.6) is 0 Å². The van der Waals surface area contributed by atoms with Crippen LogP contribution in [0.2, 0.25) is 0 Å². The Labute approximate surface area is 92.9 Å². The number of methoxy groups -OCH3 is 1. The number of hydrogen-bond acceptors (Lipinski definition) is 4. The van der Waals surface area contributed by atoms with Crippen molar-refractivity contribution in [3.05, 3.63) is 41.9 Å². The minimum absolute atomic E-state index is 0.201. The van der Waals surface area contributed by atoms with Crippen molar-refractivity contribution in [3.63, 3.8) is 0 Å². The summed E-state index contributed by atoms with van der Waals surface area (Å²) in [5.41, 5.74) is 1.79. The smallest absolute Gasteiger partial charge is 0.373 e. The molecule has 4 nitrogen and oxygen atoms in total. The fourth-order valence-corrected chi connectivity index (χ4v) is 1.40. The van der Waals surface area contributed by atoms with Crippen LogP contribution in [0.4, 0.5) is 0 Å². The van der Waals surface area contributed by atoms with Gasteiger partial charge in [-0.25, -0.2) is 4.79 Å². The normalized spacial score (nSPS) is 10.1. The third-order valence-electron chi connectivity index (χ3n) is 2.17. The van der Waals surface area contributed by atoms with Gasteiger partial charge in [0.15, 0.2) is 0 Å². The number of furan rings is 1. The standard InChI is InChI=1S/C12H11NO3/c1-8-7-9(5-6-13-8)10-3-4-11(16-10)12(14)15-2/h3-7H,1-2H3. The molecule has 2 heterocycles. The van der Waals surface area contributed by atoms with Crippen LogP contribution in [0.1, 0.15) is 16.2 Å². The van der Waals surface area contributed by atoms with Gasteiger partial charge in [-0.3, -0.25) is 4.98 Å². The second kappa shape index (κ2) is 4.18. The molecule has 0 bridgehead atoms. The van der Waals surface area contributed by atoms with E-state index in [2.05, 4.69) is 9.72 Å². The molecule has 0 fully saturated rings. The fourth-order valence-electron chi connectivity index (χ4n) is 1.40. The molecule has 0 aliphatic heterocycles. The van der Waals surface area contributed by atoms with E-state index in [4.69, 9.17) is 4.42 Å². The lowest BCUT2D eigenvalue weighted by Crippen LogP contribution is -1.98. The highest BCUT2D eigenvalue weighted by molar-refractivity contribution is 5.87. The number of carbonyl (C=O) groups excluding carboxylic acids is 1. The van der Waals surface area contributed by atoms with Gasteiger partial charge in [0.25, 0.3) is 0 Å². The number of carbonyl (C=O) groups is 1.